The number of carbonyl (C=O) groups excluding carboxylic acids is 2. The number of hydrogen-bond donors (Lipinski definition) is 0. The minimum absolute atomic E-state index is 0.165. The highest BCUT2D eigenvalue weighted by molar-refractivity contribution is 5.89. The van der Waals surface area contributed by atoms with Crippen molar-refractivity contribution < 1.29 is 29.1 Å². The predicted octanol–water partition coefficient (Wildman–Crippen LogP) is 4.12. The van der Waals surface area contributed by atoms with Crippen molar-refractivity contribution in [3.05, 3.63) is 35.4 Å². The van der Waals surface area contributed by atoms with Gasteiger partial charge in [0.25, 0.3) is 0 Å². The Kier molecular flexibility index (Phi) is 6.40. The van der Waals surface area contributed by atoms with Crippen LogP contribution >= 0.6 is 0 Å². The van der Waals surface area contributed by atoms with Gasteiger partial charge in [-0.25, -0.2) is 14.5 Å². The molecular formula is C17H22O6. The third-order valence-electron chi connectivity index (χ3n) is 4.10. The second kappa shape index (κ2) is 8.53. The van der Waals surface area contributed by atoms with Crippen LogP contribution in [0, 0.1) is 12.8 Å². The Labute approximate surface area is 135 Å². The van der Waals surface area contributed by atoms with Gasteiger partial charge in [0.15, 0.2) is 0 Å². The fourth-order valence-corrected chi connectivity index (χ4v) is 2.71. The van der Waals surface area contributed by atoms with E-state index in [9.17, 15) is 9.59 Å². The quantitative estimate of drug-likeness (QED) is 0.461. The van der Waals surface area contributed by atoms with Gasteiger partial charge in [0, 0.05) is 0 Å². The Morgan fingerprint density at radius 1 is 1.13 bits per heavy atom. The summed E-state index contributed by atoms with van der Waals surface area (Å²) in [5.74, 6) is -0.0395. The number of hydrogen-bond acceptors (Lipinski definition) is 6. The summed E-state index contributed by atoms with van der Waals surface area (Å²) in [6.07, 6.45) is 3.70. The molecule has 6 heteroatoms. The molecule has 0 unspecified atom stereocenters. The summed E-state index contributed by atoms with van der Waals surface area (Å²) >= 11 is 0. The average molecular weight is 322 g/mol. The van der Waals surface area contributed by atoms with E-state index in [2.05, 4.69) is 21.7 Å². The predicted molar refractivity (Wildman–Crippen MR) is 81.3 cm³/mol. The van der Waals surface area contributed by atoms with Gasteiger partial charge in [-0.15, -0.1) is 0 Å². The lowest BCUT2D eigenvalue weighted by Crippen LogP contribution is -2.25. The van der Waals surface area contributed by atoms with E-state index in [0.717, 1.165) is 37.7 Å². The maximum absolute atomic E-state index is 11.7. The zero-order valence-corrected chi connectivity index (χ0v) is 13.4. The maximum Gasteiger partial charge on any atom is 0.543 e. The molecule has 0 saturated heterocycles. The lowest BCUT2D eigenvalue weighted by Gasteiger charge is -2.26. The van der Waals surface area contributed by atoms with Crippen molar-refractivity contribution in [2.75, 3.05) is 0 Å². The smallest absolute Gasteiger partial charge is 0.429 e. The molecule has 1 saturated carbocycles. The minimum atomic E-state index is -0.998. The molecule has 0 heterocycles. The standard InChI is InChI=1S/C17H22O6/c1-3-13-7-9-15(10-8-13)20-17(19)22-23-21-16(18)14-6-4-5-12(2)11-14/h4-6,11,13,15H,3,7-10H2,1-2H3. The van der Waals surface area contributed by atoms with Gasteiger partial charge in [0.1, 0.15) is 6.10 Å². The Bertz CT molecular complexity index is 534. The van der Waals surface area contributed by atoms with E-state index < -0.39 is 12.1 Å². The minimum Gasteiger partial charge on any atom is -0.429 e. The zero-order valence-electron chi connectivity index (χ0n) is 13.4. The molecule has 0 radical (unpaired) electrons. The molecule has 0 aromatic heterocycles. The van der Waals surface area contributed by atoms with Gasteiger partial charge >= 0.3 is 12.1 Å². The number of aryl methyl sites for hydroxylation is 1. The first-order valence-corrected chi connectivity index (χ1v) is 7.91. The van der Waals surface area contributed by atoms with Gasteiger partial charge in [0.05, 0.1) is 10.6 Å². The van der Waals surface area contributed by atoms with Crippen molar-refractivity contribution >= 4 is 12.1 Å². The summed E-state index contributed by atoms with van der Waals surface area (Å²) in [4.78, 5) is 31.9. The molecule has 1 aromatic carbocycles. The Hall–Kier alpha value is -2.08. The average Bonchev–Trinajstić information content (AvgIpc) is 2.55. The van der Waals surface area contributed by atoms with Crippen LogP contribution in [0.2, 0.25) is 0 Å². The first kappa shape index (κ1) is 17.3. The molecule has 0 atom stereocenters. The van der Waals surface area contributed by atoms with Crippen LogP contribution in [0.25, 0.3) is 0 Å². The van der Waals surface area contributed by atoms with Gasteiger partial charge in [-0.2, -0.15) is 0 Å². The molecule has 0 bridgehead atoms. The monoisotopic (exact) mass is 322 g/mol. The Morgan fingerprint density at radius 2 is 1.87 bits per heavy atom. The molecule has 0 aliphatic heterocycles. The van der Waals surface area contributed by atoms with E-state index in [-0.39, 0.29) is 6.10 Å². The third-order valence-corrected chi connectivity index (χ3v) is 4.10. The van der Waals surface area contributed by atoms with Crippen molar-refractivity contribution in [1.29, 1.82) is 0 Å². The van der Waals surface area contributed by atoms with Crippen LogP contribution < -0.4 is 0 Å². The molecule has 2 rings (SSSR count). The molecule has 126 valence electrons. The van der Waals surface area contributed by atoms with Gasteiger partial charge in [-0.3, -0.25) is 4.89 Å². The van der Waals surface area contributed by atoms with Crippen LogP contribution in [0.3, 0.4) is 0 Å². The van der Waals surface area contributed by atoms with Crippen LogP contribution in [0.5, 0.6) is 0 Å². The van der Waals surface area contributed by atoms with Crippen LogP contribution in [-0.4, -0.2) is 18.2 Å². The molecule has 1 aliphatic rings. The third kappa shape index (κ3) is 5.56. The zero-order chi connectivity index (χ0) is 16.7. The summed E-state index contributed by atoms with van der Waals surface area (Å²) in [5.41, 5.74) is 1.21. The fraction of sp³-hybridized carbons (Fsp3) is 0.529. The second-order valence-electron chi connectivity index (χ2n) is 5.81. The van der Waals surface area contributed by atoms with Gasteiger partial charge in [-0.05, 0) is 50.7 Å². The van der Waals surface area contributed by atoms with Crippen molar-refractivity contribution in [3.63, 3.8) is 0 Å². The maximum atomic E-state index is 11.7. The summed E-state index contributed by atoms with van der Waals surface area (Å²) in [5, 5.41) is 4.21. The summed E-state index contributed by atoms with van der Waals surface area (Å²) in [6, 6.07) is 6.77. The van der Waals surface area contributed by atoms with Crippen LogP contribution in [0.4, 0.5) is 4.79 Å². The number of ether oxygens (including phenoxy) is 1. The second-order valence-corrected chi connectivity index (χ2v) is 5.81. The highest BCUT2D eigenvalue weighted by Gasteiger charge is 2.24. The highest BCUT2D eigenvalue weighted by atomic mass is 17.5. The molecule has 0 spiro atoms. The van der Waals surface area contributed by atoms with Crippen molar-refractivity contribution in [2.45, 2.75) is 52.1 Å². The summed E-state index contributed by atoms with van der Waals surface area (Å²) in [7, 11) is 0. The molecule has 1 aromatic rings. The molecule has 6 nitrogen and oxygen atoms in total. The van der Waals surface area contributed by atoms with Crippen molar-refractivity contribution in [3.8, 4) is 0 Å². The van der Waals surface area contributed by atoms with Crippen molar-refractivity contribution in [1.82, 2.24) is 0 Å². The Balaban J connectivity index is 1.66. The number of rotatable bonds is 5. The largest absolute Gasteiger partial charge is 0.543 e. The lowest BCUT2D eigenvalue weighted by molar-refractivity contribution is -0.453. The summed E-state index contributed by atoms with van der Waals surface area (Å²) < 4.78 is 5.11. The molecule has 1 fully saturated rings. The van der Waals surface area contributed by atoms with Gasteiger partial charge in [-0.1, -0.05) is 31.0 Å². The molecular weight excluding hydrogens is 300 g/mol. The normalized spacial score (nSPS) is 20.6. The SMILES string of the molecule is CCC1CCC(OC(=O)OOOC(=O)c2cccc(C)c2)CC1. The van der Waals surface area contributed by atoms with Gasteiger partial charge < -0.3 is 4.74 Å². The molecule has 23 heavy (non-hydrogen) atoms. The summed E-state index contributed by atoms with van der Waals surface area (Å²) in [6.45, 7) is 4.01. The molecule has 0 amide bonds. The van der Waals surface area contributed by atoms with E-state index in [1.54, 1.807) is 18.2 Å². The van der Waals surface area contributed by atoms with Gasteiger partial charge in [0.2, 0.25) is 0 Å². The first-order valence-electron chi connectivity index (χ1n) is 7.91. The fourth-order valence-electron chi connectivity index (χ4n) is 2.71. The van der Waals surface area contributed by atoms with Crippen molar-refractivity contribution in [2.24, 2.45) is 5.92 Å². The molecule has 0 N–H and O–H groups in total. The number of carbonyl (C=O) groups is 2. The molecule has 1 aliphatic carbocycles. The van der Waals surface area contributed by atoms with E-state index in [4.69, 9.17) is 4.74 Å². The Morgan fingerprint density at radius 3 is 2.52 bits per heavy atom. The first-order chi connectivity index (χ1) is 11.1. The number of benzene rings is 1. The van der Waals surface area contributed by atoms with Crippen LogP contribution in [-0.2, 0) is 19.6 Å². The van der Waals surface area contributed by atoms with E-state index in [1.165, 1.54) is 0 Å². The van der Waals surface area contributed by atoms with Crippen LogP contribution in [0.1, 0.15) is 54.9 Å². The highest BCUT2D eigenvalue weighted by Crippen LogP contribution is 2.28. The topological polar surface area (TPSA) is 71.1 Å². The van der Waals surface area contributed by atoms with E-state index in [0.29, 0.717) is 11.5 Å². The van der Waals surface area contributed by atoms with E-state index >= 15 is 0 Å². The van der Waals surface area contributed by atoms with E-state index in [1.807, 2.05) is 13.0 Å². The lowest BCUT2D eigenvalue weighted by atomic mass is 9.86. The van der Waals surface area contributed by atoms with Crippen LogP contribution in [0.15, 0.2) is 24.3 Å².